The van der Waals surface area contributed by atoms with E-state index in [1.165, 1.54) is 0 Å². The lowest BCUT2D eigenvalue weighted by atomic mass is 10.1. The third kappa shape index (κ3) is 2.12. The number of pyridine rings is 1. The lowest BCUT2D eigenvalue weighted by molar-refractivity contribution is -0.384. The second kappa shape index (κ2) is 4.35. The van der Waals surface area contributed by atoms with E-state index in [1.807, 2.05) is 0 Å². The fourth-order valence-electron chi connectivity index (χ4n) is 1.04. The average Bonchev–Trinajstić information content (AvgIpc) is 2.16. The van der Waals surface area contributed by atoms with Crippen LogP contribution in [0.2, 0.25) is 0 Å². The number of aromatic nitrogens is 1. The molecule has 0 radical (unpaired) electrons. The molecule has 5 nitrogen and oxygen atoms in total. The number of nitrogen functional groups attached to an aromatic ring is 1. The fourth-order valence-corrected chi connectivity index (χ4v) is 1.33. The predicted molar refractivity (Wildman–Crippen MR) is 49.8 cm³/mol. The number of halogens is 3. The van der Waals surface area contributed by atoms with Gasteiger partial charge in [0.05, 0.1) is 10.8 Å². The summed E-state index contributed by atoms with van der Waals surface area (Å²) in [6, 6.07) is 0. The summed E-state index contributed by atoms with van der Waals surface area (Å²) in [4.78, 5) is 12.9. The quantitative estimate of drug-likeness (QED) is 0.497. The van der Waals surface area contributed by atoms with Crippen molar-refractivity contribution in [2.24, 2.45) is 0 Å². The molecule has 1 heterocycles. The van der Waals surface area contributed by atoms with Crippen LogP contribution in [0, 0.1) is 10.1 Å². The summed E-state index contributed by atoms with van der Waals surface area (Å²) < 4.78 is 24.8. The first-order chi connectivity index (χ1) is 6.99. The second-order valence-electron chi connectivity index (χ2n) is 2.61. The number of nitrogens with two attached hydrogens (primary N) is 1. The zero-order chi connectivity index (χ0) is 11.6. The van der Waals surface area contributed by atoms with Gasteiger partial charge in [-0.15, -0.1) is 11.6 Å². The third-order valence-corrected chi connectivity index (χ3v) is 2.04. The lowest BCUT2D eigenvalue weighted by Crippen LogP contribution is -2.05. The van der Waals surface area contributed by atoms with Crippen molar-refractivity contribution in [2.45, 2.75) is 12.3 Å². The number of hydrogen-bond donors (Lipinski definition) is 1. The summed E-state index contributed by atoms with van der Waals surface area (Å²) in [5.74, 6) is -0.347. The van der Waals surface area contributed by atoms with Crippen molar-refractivity contribution < 1.29 is 13.7 Å². The van der Waals surface area contributed by atoms with Crippen LogP contribution in [0.5, 0.6) is 0 Å². The van der Waals surface area contributed by atoms with E-state index in [-0.39, 0.29) is 17.1 Å². The highest BCUT2D eigenvalue weighted by atomic mass is 35.5. The largest absolute Gasteiger partial charge is 0.393 e. The smallest absolute Gasteiger partial charge is 0.310 e. The van der Waals surface area contributed by atoms with Gasteiger partial charge in [-0.25, -0.2) is 13.8 Å². The van der Waals surface area contributed by atoms with E-state index in [0.29, 0.717) is 6.20 Å². The minimum Gasteiger partial charge on any atom is -0.393 e. The standard InChI is InChI=1S/C7H6ClF2N3O2/c8-1-3-5(11)4(13(14)15)2-12-6(3)7(9)10/h2,7H,1H2,(H2,11,12). The van der Waals surface area contributed by atoms with Crippen LogP contribution in [-0.4, -0.2) is 9.91 Å². The highest BCUT2D eigenvalue weighted by Gasteiger charge is 2.23. The van der Waals surface area contributed by atoms with Crippen LogP contribution in [0.3, 0.4) is 0 Å². The summed E-state index contributed by atoms with van der Waals surface area (Å²) >= 11 is 5.38. The summed E-state index contributed by atoms with van der Waals surface area (Å²) in [7, 11) is 0. The number of alkyl halides is 3. The van der Waals surface area contributed by atoms with Crippen molar-refractivity contribution in [3.8, 4) is 0 Å². The molecule has 0 spiro atoms. The number of anilines is 1. The molecule has 0 fully saturated rings. The number of rotatable bonds is 3. The molecule has 0 atom stereocenters. The van der Waals surface area contributed by atoms with Crippen molar-refractivity contribution in [3.05, 3.63) is 27.6 Å². The maximum atomic E-state index is 12.4. The first kappa shape index (κ1) is 11.6. The van der Waals surface area contributed by atoms with Gasteiger partial charge in [0, 0.05) is 5.56 Å². The normalized spacial score (nSPS) is 10.7. The van der Waals surface area contributed by atoms with Crippen LogP contribution in [-0.2, 0) is 5.88 Å². The Labute approximate surface area is 88.0 Å². The van der Waals surface area contributed by atoms with E-state index in [0.717, 1.165) is 0 Å². The third-order valence-electron chi connectivity index (χ3n) is 1.77. The Morgan fingerprint density at radius 1 is 1.67 bits per heavy atom. The molecule has 0 amide bonds. The van der Waals surface area contributed by atoms with Gasteiger partial charge in [-0.3, -0.25) is 10.1 Å². The first-order valence-corrected chi connectivity index (χ1v) is 4.28. The Hall–Kier alpha value is -1.50. The number of hydrogen-bond acceptors (Lipinski definition) is 4. The molecule has 2 N–H and O–H groups in total. The maximum Gasteiger partial charge on any atom is 0.310 e. The van der Waals surface area contributed by atoms with Crippen LogP contribution in [0.25, 0.3) is 0 Å². The van der Waals surface area contributed by atoms with E-state index in [1.54, 1.807) is 0 Å². The van der Waals surface area contributed by atoms with Crippen LogP contribution < -0.4 is 5.73 Å². The molecule has 1 aromatic rings. The molecule has 0 saturated heterocycles. The Bertz CT molecular complexity index is 400. The summed E-state index contributed by atoms with van der Waals surface area (Å²) in [5, 5.41) is 10.4. The van der Waals surface area contributed by atoms with Gasteiger partial charge in [0.2, 0.25) is 0 Å². The van der Waals surface area contributed by atoms with Gasteiger partial charge in [-0.2, -0.15) is 0 Å². The maximum absolute atomic E-state index is 12.4. The Kier molecular flexibility index (Phi) is 3.35. The molecule has 0 aromatic carbocycles. The molecule has 1 aromatic heterocycles. The molecule has 0 aliphatic rings. The monoisotopic (exact) mass is 237 g/mol. The molecule has 15 heavy (non-hydrogen) atoms. The second-order valence-corrected chi connectivity index (χ2v) is 2.88. The van der Waals surface area contributed by atoms with E-state index in [4.69, 9.17) is 17.3 Å². The summed E-state index contributed by atoms with van der Waals surface area (Å²) in [6.07, 6.45) is -2.16. The van der Waals surface area contributed by atoms with Gasteiger partial charge in [-0.1, -0.05) is 0 Å². The van der Waals surface area contributed by atoms with Crippen LogP contribution in [0.15, 0.2) is 6.20 Å². The molecule has 0 bridgehead atoms. The highest BCUT2D eigenvalue weighted by molar-refractivity contribution is 6.17. The number of nitro groups is 1. The molecule has 8 heteroatoms. The van der Waals surface area contributed by atoms with Crippen molar-refractivity contribution >= 4 is 23.0 Å². The van der Waals surface area contributed by atoms with E-state index in [2.05, 4.69) is 4.98 Å². The molecule has 1 rings (SSSR count). The molecular weight excluding hydrogens is 232 g/mol. The fraction of sp³-hybridized carbons (Fsp3) is 0.286. The SMILES string of the molecule is Nc1c([N+](=O)[O-])cnc(C(F)F)c1CCl. The Morgan fingerprint density at radius 3 is 2.67 bits per heavy atom. The Morgan fingerprint density at radius 2 is 2.27 bits per heavy atom. The van der Waals surface area contributed by atoms with Gasteiger partial charge in [-0.05, 0) is 0 Å². The van der Waals surface area contributed by atoms with Crippen molar-refractivity contribution in [1.82, 2.24) is 4.98 Å². The van der Waals surface area contributed by atoms with Gasteiger partial charge >= 0.3 is 5.69 Å². The first-order valence-electron chi connectivity index (χ1n) is 3.74. The summed E-state index contributed by atoms with van der Waals surface area (Å²) in [5.41, 5.74) is 3.64. The van der Waals surface area contributed by atoms with Crippen molar-refractivity contribution in [2.75, 3.05) is 5.73 Å². The zero-order valence-corrected chi connectivity index (χ0v) is 8.04. The highest BCUT2D eigenvalue weighted by Crippen LogP contribution is 2.32. The predicted octanol–water partition coefficient (Wildman–Crippen LogP) is 2.25. The lowest BCUT2D eigenvalue weighted by Gasteiger charge is -2.07. The van der Waals surface area contributed by atoms with Gasteiger partial charge < -0.3 is 5.73 Å². The molecule has 0 aliphatic heterocycles. The van der Waals surface area contributed by atoms with Crippen molar-refractivity contribution in [3.63, 3.8) is 0 Å². The average molecular weight is 238 g/mol. The van der Waals surface area contributed by atoms with Crippen molar-refractivity contribution in [1.29, 1.82) is 0 Å². The molecule has 0 saturated carbocycles. The van der Waals surface area contributed by atoms with Crippen LogP contribution >= 0.6 is 11.6 Å². The minimum absolute atomic E-state index is 0.194. The zero-order valence-electron chi connectivity index (χ0n) is 7.28. The van der Waals surface area contributed by atoms with E-state index < -0.39 is 22.7 Å². The molecule has 0 aliphatic carbocycles. The summed E-state index contributed by atoms with van der Waals surface area (Å²) in [6.45, 7) is 0. The van der Waals surface area contributed by atoms with Crippen LogP contribution in [0.1, 0.15) is 17.7 Å². The van der Waals surface area contributed by atoms with Crippen LogP contribution in [0.4, 0.5) is 20.2 Å². The molecule has 82 valence electrons. The minimum atomic E-state index is -2.86. The van der Waals surface area contributed by atoms with Gasteiger partial charge in [0.1, 0.15) is 17.6 Å². The van der Waals surface area contributed by atoms with Gasteiger partial charge in [0.15, 0.2) is 0 Å². The topological polar surface area (TPSA) is 82.0 Å². The Balaban J connectivity index is 3.39. The molecular formula is C7H6ClF2N3O2. The van der Waals surface area contributed by atoms with Gasteiger partial charge in [0.25, 0.3) is 6.43 Å². The van der Waals surface area contributed by atoms with E-state index >= 15 is 0 Å². The van der Waals surface area contributed by atoms with E-state index in [9.17, 15) is 18.9 Å². The molecule has 0 unspecified atom stereocenters. The number of nitrogens with zero attached hydrogens (tertiary/aromatic N) is 2.